The molecule has 1 aromatic carbocycles. The summed E-state index contributed by atoms with van der Waals surface area (Å²) in [6, 6.07) is 10.7. The molecule has 108 valence electrons. The van der Waals surface area contributed by atoms with Crippen LogP contribution in [0.15, 0.2) is 30.3 Å². The first-order valence-electron chi connectivity index (χ1n) is 6.93. The Balaban J connectivity index is 2.79. The van der Waals surface area contributed by atoms with E-state index < -0.39 is 0 Å². The highest BCUT2D eigenvalue weighted by atomic mass is 16.7. The fourth-order valence-corrected chi connectivity index (χ4v) is 2.50. The number of hydrogen-bond donors (Lipinski definition) is 0. The third kappa shape index (κ3) is 4.60. The Morgan fingerprint density at radius 2 is 1.68 bits per heavy atom. The van der Waals surface area contributed by atoms with Gasteiger partial charge in [-0.15, -0.1) is 0 Å². The van der Waals surface area contributed by atoms with E-state index in [1.54, 1.807) is 14.2 Å². The van der Waals surface area contributed by atoms with Crippen molar-refractivity contribution in [2.24, 2.45) is 5.92 Å². The van der Waals surface area contributed by atoms with Crippen LogP contribution < -0.4 is 0 Å². The molecule has 0 aromatic heterocycles. The second kappa shape index (κ2) is 8.31. The third-order valence-electron chi connectivity index (χ3n) is 3.75. The third-order valence-corrected chi connectivity index (χ3v) is 3.75. The van der Waals surface area contributed by atoms with Gasteiger partial charge in [-0.3, -0.25) is 4.90 Å². The van der Waals surface area contributed by atoms with Gasteiger partial charge in [0.2, 0.25) is 0 Å². The largest absolute Gasteiger partial charge is 0.354 e. The van der Waals surface area contributed by atoms with Gasteiger partial charge < -0.3 is 9.47 Å². The van der Waals surface area contributed by atoms with Gasteiger partial charge in [0, 0.05) is 20.8 Å². The van der Waals surface area contributed by atoms with Gasteiger partial charge in [-0.1, -0.05) is 50.6 Å². The summed E-state index contributed by atoms with van der Waals surface area (Å²) in [5, 5.41) is 0. The van der Waals surface area contributed by atoms with Crippen LogP contribution in [0.25, 0.3) is 0 Å². The van der Waals surface area contributed by atoms with Crippen molar-refractivity contribution in [3.8, 4) is 0 Å². The molecular weight excluding hydrogens is 238 g/mol. The molecule has 1 aromatic rings. The van der Waals surface area contributed by atoms with Crippen molar-refractivity contribution in [3.05, 3.63) is 35.9 Å². The molecule has 0 aliphatic heterocycles. The zero-order valence-electron chi connectivity index (χ0n) is 12.8. The summed E-state index contributed by atoms with van der Waals surface area (Å²) in [5.41, 5.74) is 1.31. The smallest absolute Gasteiger partial charge is 0.172 e. The molecule has 0 spiro atoms. The van der Waals surface area contributed by atoms with Crippen molar-refractivity contribution < 1.29 is 9.47 Å². The lowest BCUT2D eigenvalue weighted by Crippen LogP contribution is -2.47. The van der Waals surface area contributed by atoms with E-state index in [-0.39, 0.29) is 12.3 Å². The second-order valence-corrected chi connectivity index (χ2v) is 5.12. The van der Waals surface area contributed by atoms with Crippen LogP contribution in [0.1, 0.15) is 25.8 Å². The summed E-state index contributed by atoms with van der Waals surface area (Å²) in [6.07, 6.45) is 0.913. The van der Waals surface area contributed by atoms with Gasteiger partial charge in [-0.2, -0.15) is 0 Å². The predicted octanol–water partition coefficient (Wildman–Crippen LogP) is 3.15. The molecule has 0 aliphatic carbocycles. The summed E-state index contributed by atoms with van der Waals surface area (Å²) in [6.45, 7) is 5.35. The number of nitrogens with zero attached hydrogens (tertiary/aromatic N) is 1. The number of hydrogen-bond acceptors (Lipinski definition) is 3. The fraction of sp³-hybridized carbons (Fsp3) is 0.625. The van der Waals surface area contributed by atoms with Crippen LogP contribution in [0, 0.1) is 5.92 Å². The minimum Gasteiger partial charge on any atom is -0.354 e. The Hall–Kier alpha value is -0.900. The van der Waals surface area contributed by atoms with Crippen molar-refractivity contribution in [3.63, 3.8) is 0 Å². The molecule has 3 heteroatoms. The van der Waals surface area contributed by atoms with Gasteiger partial charge in [0.25, 0.3) is 0 Å². The van der Waals surface area contributed by atoms with Crippen molar-refractivity contribution in [2.75, 3.05) is 21.3 Å². The standard InChI is InChI=1S/C16H27NO2/c1-6-13(2)15(16(18-4)19-5)17(3)12-14-10-8-7-9-11-14/h7-11,13,15-16H,6,12H2,1-5H3/t13-,15?/m0/s1. The topological polar surface area (TPSA) is 21.7 Å². The van der Waals surface area contributed by atoms with E-state index in [2.05, 4.69) is 50.1 Å². The zero-order chi connectivity index (χ0) is 14.3. The summed E-state index contributed by atoms with van der Waals surface area (Å²) < 4.78 is 11.0. The molecular formula is C16H27NO2. The number of methoxy groups -OCH3 is 2. The van der Waals surface area contributed by atoms with E-state index in [0.29, 0.717) is 5.92 Å². The maximum atomic E-state index is 5.48. The first-order valence-corrected chi connectivity index (χ1v) is 6.93. The lowest BCUT2D eigenvalue weighted by atomic mass is 9.96. The van der Waals surface area contributed by atoms with Crippen molar-refractivity contribution in [2.45, 2.75) is 39.1 Å². The van der Waals surface area contributed by atoms with Crippen LogP contribution in [0.3, 0.4) is 0 Å². The average molecular weight is 265 g/mol. The number of benzene rings is 1. The Morgan fingerprint density at radius 3 is 2.16 bits per heavy atom. The predicted molar refractivity (Wildman–Crippen MR) is 79.0 cm³/mol. The van der Waals surface area contributed by atoms with Gasteiger partial charge in [0.1, 0.15) is 0 Å². The van der Waals surface area contributed by atoms with Gasteiger partial charge in [-0.05, 0) is 18.5 Å². The second-order valence-electron chi connectivity index (χ2n) is 5.12. The molecule has 0 saturated heterocycles. The van der Waals surface area contributed by atoms with Crippen LogP contribution >= 0.6 is 0 Å². The van der Waals surface area contributed by atoms with E-state index in [4.69, 9.17) is 9.47 Å². The Kier molecular flexibility index (Phi) is 7.06. The average Bonchev–Trinajstić information content (AvgIpc) is 2.44. The molecule has 2 atom stereocenters. The minimum absolute atomic E-state index is 0.191. The molecule has 0 amide bonds. The molecule has 0 saturated carbocycles. The van der Waals surface area contributed by atoms with E-state index in [1.807, 2.05) is 6.07 Å². The molecule has 0 bridgehead atoms. The van der Waals surface area contributed by atoms with E-state index >= 15 is 0 Å². The van der Waals surface area contributed by atoms with Crippen LogP contribution in [0.4, 0.5) is 0 Å². The maximum Gasteiger partial charge on any atom is 0.172 e. The van der Waals surface area contributed by atoms with Crippen LogP contribution in [-0.4, -0.2) is 38.5 Å². The molecule has 0 N–H and O–H groups in total. The number of ether oxygens (including phenoxy) is 2. The van der Waals surface area contributed by atoms with Crippen molar-refractivity contribution in [1.82, 2.24) is 4.90 Å². The van der Waals surface area contributed by atoms with Gasteiger partial charge in [0.05, 0.1) is 6.04 Å². The zero-order valence-corrected chi connectivity index (χ0v) is 12.8. The molecule has 19 heavy (non-hydrogen) atoms. The van der Waals surface area contributed by atoms with Crippen molar-refractivity contribution >= 4 is 0 Å². The monoisotopic (exact) mass is 265 g/mol. The molecule has 0 fully saturated rings. The Bertz CT molecular complexity index is 338. The van der Waals surface area contributed by atoms with E-state index in [9.17, 15) is 0 Å². The van der Waals surface area contributed by atoms with Crippen molar-refractivity contribution in [1.29, 1.82) is 0 Å². The van der Waals surface area contributed by atoms with E-state index in [0.717, 1.165) is 13.0 Å². The highest BCUT2D eigenvalue weighted by Crippen LogP contribution is 2.21. The number of rotatable bonds is 8. The first kappa shape index (κ1) is 16.2. The summed E-state index contributed by atoms with van der Waals surface area (Å²) in [7, 11) is 5.55. The first-order chi connectivity index (χ1) is 9.13. The fourth-order valence-electron chi connectivity index (χ4n) is 2.50. The lowest BCUT2D eigenvalue weighted by Gasteiger charge is -2.36. The molecule has 0 heterocycles. The lowest BCUT2D eigenvalue weighted by molar-refractivity contribution is -0.156. The molecule has 1 rings (SSSR count). The van der Waals surface area contributed by atoms with Crippen LogP contribution in [0.2, 0.25) is 0 Å². The summed E-state index contributed by atoms with van der Waals surface area (Å²) in [4.78, 5) is 2.32. The van der Waals surface area contributed by atoms with E-state index in [1.165, 1.54) is 5.56 Å². The van der Waals surface area contributed by atoms with Crippen LogP contribution in [-0.2, 0) is 16.0 Å². The Morgan fingerprint density at radius 1 is 1.11 bits per heavy atom. The number of likely N-dealkylation sites (N-methyl/N-ethyl adjacent to an activating group) is 1. The normalized spacial score (nSPS) is 14.9. The van der Waals surface area contributed by atoms with Crippen LogP contribution in [0.5, 0.6) is 0 Å². The summed E-state index contributed by atoms with van der Waals surface area (Å²) in [5.74, 6) is 0.513. The minimum atomic E-state index is -0.191. The van der Waals surface area contributed by atoms with Gasteiger partial charge in [0.15, 0.2) is 6.29 Å². The molecule has 1 unspecified atom stereocenters. The Labute approximate surface area is 117 Å². The maximum absolute atomic E-state index is 5.48. The molecule has 3 nitrogen and oxygen atoms in total. The SMILES string of the molecule is CC[C@H](C)C(C(OC)OC)N(C)Cc1ccccc1. The molecule has 0 aliphatic rings. The van der Waals surface area contributed by atoms with Gasteiger partial charge >= 0.3 is 0 Å². The highest BCUT2D eigenvalue weighted by Gasteiger charge is 2.29. The quantitative estimate of drug-likeness (QED) is 0.674. The van der Waals surface area contributed by atoms with Gasteiger partial charge in [-0.25, -0.2) is 0 Å². The molecule has 0 radical (unpaired) electrons. The highest BCUT2D eigenvalue weighted by molar-refractivity contribution is 5.14. The summed E-state index contributed by atoms with van der Waals surface area (Å²) >= 11 is 0.